The van der Waals surface area contributed by atoms with Crippen LogP contribution >= 0.6 is 8.61 Å². The van der Waals surface area contributed by atoms with E-state index in [2.05, 4.69) is 0 Å². The van der Waals surface area contributed by atoms with E-state index < -0.39 is 5.91 Å². The Morgan fingerprint density at radius 3 is 2.71 bits per heavy atom. The molecule has 2 aromatic rings. The lowest BCUT2D eigenvalue weighted by atomic mass is 10.2. The van der Waals surface area contributed by atoms with Gasteiger partial charge in [-0.05, 0) is 12.1 Å². The number of carbonyl (C=O) groups excluding carboxylic acids is 1. The van der Waals surface area contributed by atoms with Crippen molar-refractivity contribution in [3.63, 3.8) is 0 Å². The summed E-state index contributed by atoms with van der Waals surface area (Å²) in [5.74, 6) is -0.579. The zero-order valence-corrected chi connectivity index (χ0v) is 8.07. The number of fused-ring (bicyclic) bond motifs is 1. The monoisotopic (exact) mass is 206 g/mol. The van der Waals surface area contributed by atoms with Gasteiger partial charge in [-0.2, -0.15) is 0 Å². The molecule has 0 saturated heterocycles. The van der Waals surface area contributed by atoms with Crippen LogP contribution in [-0.4, -0.2) is 10.2 Å². The Morgan fingerprint density at radius 2 is 2.07 bits per heavy atom. The van der Waals surface area contributed by atoms with E-state index in [4.69, 9.17) is 5.73 Å². The van der Waals surface area contributed by atoms with E-state index in [1.54, 1.807) is 12.1 Å². The van der Waals surface area contributed by atoms with E-state index in [-0.39, 0.29) is 14.3 Å². The highest BCUT2D eigenvalue weighted by atomic mass is 31.1. The molecule has 1 aromatic heterocycles. The third-order valence-corrected chi connectivity index (χ3v) is 2.61. The number of para-hydroxylation sites is 1. The minimum Gasteiger partial charge on any atom is -0.364 e. The molecule has 0 fully saturated rings. The second kappa shape index (κ2) is 3.24. The van der Waals surface area contributed by atoms with Crippen LogP contribution in [0.25, 0.3) is 10.9 Å². The Bertz CT molecular complexity index is 519. The molecule has 0 spiro atoms. The summed E-state index contributed by atoms with van der Waals surface area (Å²) in [6.07, 6.45) is 0. The summed E-state index contributed by atoms with van der Waals surface area (Å²) in [7, 11) is -0.254. The van der Waals surface area contributed by atoms with Crippen molar-refractivity contribution in [3.05, 3.63) is 36.0 Å². The van der Waals surface area contributed by atoms with E-state index in [1.165, 1.54) is 4.34 Å². The van der Waals surface area contributed by atoms with Crippen molar-refractivity contribution in [1.82, 2.24) is 4.34 Å². The predicted octanol–water partition coefficient (Wildman–Crippen LogP) is 1.79. The predicted molar refractivity (Wildman–Crippen MR) is 53.5 cm³/mol. The Morgan fingerprint density at radius 1 is 1.36 bits per heavy atom. The van der Waals surface area contributed by atoms with Crippen molar-refractivity contribution in [3.8, 4) is 0 Å². The number of nitrogens with two attached hydrogens (primary N) is 1. The van der Waals surface area contributed by atoms with E-state index in [0.29, 0.717) is 0 Å². The summed E-state index contributed by atoms with van der Waals surface area (Å²) in [6, 6.07) is 8.91. The highest BCUT2D eigenvalue weighted by Gasteiger charge is 2.12. The molecule has 14 heavy (non-hydrogen) atoms. The summed E-state index contributed by atoms with van der Waals surface area (Å²) in [6.45, 7) is 0. The van der Waals surface area contributed by atoms with Crippen LogP contribution in [0.5, 0.6) is 0 Å². The van der Waals surface area contributed by atoms with Gasteiger partial charge < -0.3 is 5.73 Å². The molecule has 2 rings (SSSR count). The van der Waals surface area contributed by atoms with E-state index in [0.717, 1.165) is 10.9 Å². The standard InChI is InChI=1S/C9H7N2O2P/c10-9(12)8-5-6-3-1-2-4-7(6)11(8)14-13/h1-5H,(H2,10,12). The van der Waals surface area contributed by atoms with Crippen molar-refractivity contribution in [2.24, 2.45) is 5.73 Å². The lowest BCUT2D eigenvalue weighted by Crippen LogP contribution is -2.13. The quantitative estimate of drug-likeness (QED) is 0.761. The fourth-order valence-corrected chi connectivity index (χ4v) is 1.92. The molecule has 0 aliphatic heterocycles. The van der Waals surface area contributed by atoms with Gasteiger partial charge in [0.05, 0.1) is 5.52 Å². The van der Waals surface area contributed by atoms with Gasteiger partial charge in [0.1, 0.15) is 5.69 Å². The van der Waals surface area contributed by atoms with Crippen molar-refractivity contribution < 1.29 is 9.36 Å². The van der Waals surface area contributed by atoms with Crippen LogP contribution in [0.15, 0.2) is 30.3 Å². The highest BCUT2D eigenvalue weighted by Crippen LogP contribution is 2.23. The molecule has 1 amide bonds. The first kappa shape index (κ1) is 8.91. The molecular formula is C9H7N2O2P. The molecule has 0 bridgehead atoms. The molecule has 0 aliphatic rings. The molecule has 4 nitrogen and oxygen atoms in total. The summed E-state index contributed by atoms with van der Waals surface area (Å²) < 4.78 is 12.2. The van der Waals surface area contributed by atoms with E-state index in [9.17, 15) is 9.36 Å². The average Bonchev–Trinajstić information content (AvgIpc) is 2.56. The third-order valence-electron chi connectivity index (χ3n) is 2.02. The van der Waals surface area contributed by atoms with Gasteiger partial charge >= 0.3 is 0 Å². The van der Waals surface area contributed by atoms with Crippen LogP contribution in [0.4, 0.5) is 0 Å². The lowest BCUT2D eigenvalue weighted by molar-refractivity contribution is 0.0995. The molecule has 0 unspecified atom stereocenters. The maximum atomic E-state index is 11.0. The number of aromatic nitrogens is 1. The topological polar surface area (TPSA) is 65.1 Å². The summed E-state index contributed by atoms with van der Waals surface area (Å²) >= 11 is 0. The average molecular weight is 206 g/mol. The Labute approximate surface area is 81.6 Å². The number of primary amides is 1. The minimum absolute atomic E-state index is 0.253. The minimum atomic E-state index is -0.579. The Balaban J connectivity index is 2.85. The second-order valence-electron chi connectivity index (χ2n) is 2.85. The number of benzene rings is 1. The fraction of sp³-hybridized carbons (Fsp3) is 0. The van der Waals surface area contributed by atoms with Crippen LogP contribution in [0.1, 0.15) is 10.5 Å². The molecule has 2 N–H and O–H groups in total. The zero-order chi connectivity index (χ0) is 10.1. The normalized spacial score (nSPS) is 10.9. The van der Waals surface area contributed by atoms with Gasteiger partial charge in [-0.25, -0.2) is 4.57 Å². The van der Waals surface area contributed by atoms with Crippen molar-refractivity contribution in [2.75, 3.05) is 0 Å². The molecule has 0 saturated carbocycles. The lowest BCUT2D eigenvalue weighted by Gasteiger charge is -1.95. The molecule has 70 valence electrons. The first-order chi connectivity index (χ1) is 6.74. The van der Waals surface area contributed by atoms with Gasteiger partial charge in [0, 0.05) is 5.39 Å². The van der Waals surface area contributed by atoms with Gasteiger partial charge in [0.15, 0.2) is 0 Å². The number of nitrogens with zero attached hydrogens (tertiary/aromatic N) is 1. The van der Waals surface area contributed by atoms with Crippen LogP contribution in [-0.2, 0) is 4.57 Å². The molecule has 0 aliphatic carbocycles. The zero-order valence-electron chi connectivity index (χ0n) is 7.18. The molecule has 1 heterocycles. The third kappa shape index (κ3) is 1.20. The molecule has 0 atom stereocenters. The molecule has 1 aromatic carbocycles. The number of amides is 1. The van der Waals surface area contributed by atoms with Crippen LogP contribution in [0, 0.1) is 0 Å². The van der Waals surface area contributed by atoms with Gasteiger partial charge in [0.2, 0.25) is 0 Å². The summed E-state index contributed by atoms with van der Waals surface area (Å²) in [5.41, 5.74) is 6.14. The Kier molecular flexibility index (Phi) is 2.06. The van der Waals surface area contributed by atoms with Crippen molar-refractivity contribution >= 4 is 25.4 Å². The van der Waals surface area contributed by atoms with E-state index in [1.807, 2.05) is 18.2 Å². The molecule has 0 radical (unpaired) electrons. The van der Waals surface area contributed by atoms with Crippen LogP contribution in [0.3, 0.4) is 0 Å². The number of hydrogen-bond acceptors (Lipinski definition) is 2. The first-order valence-electron chi connectivity index (χ1n) is 3.98. The molecule has 5 heteroatoms. The van der Waals surface area contributed by atoms with Crippen molar-refractivity contribution in [2.45, 2.75) is 0 Å². The van der Waals surface area contributed by atoms with Gasteiger partial charge in [-0.3, -0.25) is 9.13 Å². The fourth-order valence-electron chi connectivity index (χ4n) is 1.40. The van der Waals surface area contributed by atoms with Crippen LogP contribution in [0.2, 0.25) is 0 Å². The van der Waals surface area contributed by atoms with Gasteiger partial charge in [-0.15, -0.1) is 0 Å². The smallest absolute Gasteiger partial charge is 0.287 e. The number of hydrogen-bond donors (Lipinski definition) is 1. The van der Waals surface area contributed by atoms with Gasteiger partial charge in [0.25, 0.3) is 14.5 Å². The number of rotatable bonds is 2. The Hall–Kier alpha value is -1.67. The number of carbonyl (C=O) groups is 1. The van der Waals surface area contributed by atoms with Crippen LogP contribution < -0.4 is 5.73 Å². The first-order valence-corrected chi connectivity index (χ1v) is 4.74. The van der Waals surface area contributed by atoms with Crippen molar-refractivity contribution in [1.29, 1.82) is 0 Å². The SMILES string of the molecule is NC(=O)c1cc2ccccc2n1P=O. The largest absolute Gasteiger partial charge is 0.364 e. The van der Waals surface area contributed by atoms with E-state index >= 15 is 0 Å². The van der Waals surface area contributed by atoms with Gasteiger partial charge in [-0.1, -0.05) is 18.2 Å². The maximum Gasteiger partial charge on any atom is 0.287 e. The highest BCUT2D eigenvalue weighted by molar-refractivity contribution is 7.22. The molecular weight excluding hydrogens is 199 g/mol. The summed E-state index contributed by atoms with van der Waals surface area (Å²) in [4.78, 5) is 11.0. The second-order valence-corrected chi connectivity index (χ2v) is 3.41. The maximum absolute atomic E-state index is 11.0. The summed E-state index contributed by atoms with van der Waals surface area (Å²) in [5, 5.41) is 0.852.